The van der Waals surface area contributed by atoms with Crippen LogP contribution in [0.4, 0.5) is 5.69 Å². The van der Waals surface area contributed by atoms with Crippen LogP contribution in [-0.2, 0) is 9.59 Å². The first-order chi connectivity index (χ1) is 13.1. The van der Waals surface area contributed by atoms with E-state index in [2.05, 4.69) is 22.2 Å². The molecule has 3 aliphatic heterocycles. The molecule has 2 aromatic carbocycles. The summed E-state index contributed by atoms with van der Waals surface area (Å²) in [7, 11) is 0. The van der Waals surface area contributed by atoms with Crippen molar-refractivity contribution in [2.75, 3.05) is 18.0 Å². The van der Waals surface area contributed by atoms with Crippen molar-refractivity contribution >= 4 is 17.5 Å². The number of carbonyl (C=O) groups excluding carboxylic acids is 2. The summed E-state index contributed by atoms with van der Waals surface area (Å²) in [6, 6.07) is 15.6. The third-order valence-corrected chi connectivity index (χ3v) is 6.14. The molecule has 5 nitrogen and oxygen atoms in total. The summed E-state index contributed by atoms with van der Waals surface area (Å²) < 4.78 is 0. The predicted molar refractivity (Wildman–Crippen MR) is 103 cm³/mol. The van der Waals surface area contributed by atoms with Crippen LogP contribution in [0, 0.1) is 19.8 Å². The van der Waals surface area contributed by atoms with E-state index in [0.29, 0.717) is 0 Å². The van der Waals surface area contributed by atoms with Crippen molar-refractivity contribution in [3.63, 3.8) is 0 Å². The van der Waals surface area contributed by atoms with Crippen molar-refractivity contribution in [1.29, 1.82) is 0 Å². The van der Waals surface area contributed by atoms with Crippen molar-refractivity contribution in [2.45, 2.75) is 32.4 Å². The fraction of sp³-hybridized carbons (Fsp3) is 0.364. The van der Waals surface area contributed by atoms with Gasteiger partial charge in [0.1, 0.15) is 6.04 Å². The zero-order valence-electron chi connectivity index (χ0n) is 15.6. The van der Waals surface area contributed by atoms with Gasteiger partial charge in [0.05, 0.1) is 17.6 Å². The van der Waals surface area contributed by atoms with Gasteiger partial charge >= 0.3 is 0 Å². The lowest BCUT2D eigenvalue weighted by Crippen LogP contribution is -2.44. The van der Waals surface area contributed by atoms with Gasteiger partial charge in [-0.3, -0.25) is 9.59 Å². The van der Waals surface area contributed by atoms with Gasteiger partial charge in [0.2, 0.25) is 5.91 Å². The van der Waals surface area contributed by atoms with Gasteiger partial charge in [0.25, 0.3) is 5.91 Å². The lowest BCUT2D eigenvalue weighted by atomic mass is 9.90. The van der Waals surface area contributed by atoms with Crippen molar-refractivity contribution < 1.29 is 9.59 Å². The molecule has 0 radical (unpaired) electrons. The largest absolute Gasteiger partial charge is 0.274 e. The lowest BCUT2D eigenvalue weighted by Gasteiger charge is -2.30. The number of nitrogens with zero attached hydrogens (tertiary/aromatic N) is 3. The molecular formula is C22H23N3O2. The fourth-order valence-corrected chi connectivity index (χ4v) is 5.06. The average Bonchev–Trinajstić information content (AvgIpc) is 3.29. The molecule has 3 aliphatic rings. The van der Waals surface area contributed by atoms with Crippen molar-refractivity contribution in [3.8, 4) is 0 Å². The average molecular weight is 361 g/mol. The van der Waals surface area contributed by atoms with Gasteiger partial charge in [0, 0.05) is 13.1 Å². The van der Waals surface area contributed by atoms with Gasteiger partial charge in [-0.2, -0.15) is 0 Å². The highest BCUT2D eigenvalue weighted by Gasteiger charge is 2.62. The zero-order chi connectivity index (χ0) is 18.7. The summed E-state index contributed by atoms with van der Waals surface area (Å²) >= 11 is 0. The summed E-state index contributed by atoms with van der Waals surface area (Å²) in [4.78, 5) is 28.3. The van der Waals surface area contributed by atoms with Gasteiger partial charge in [-0.05, 0) is 37.5 Å². The Balaban J connectivity index is 1.60. The van der Waals surface area contributed by atoms with Gasteiger partial charge in [-0.1, -0.05) is 48.0 Å². The van der Waals surface area contributed by atoms with Crippen molar-refractivity contribution in [1.82, 2.24) is 10.0 Å². The molecule has 3 heterocycles. The van der Waals surface area contributed by atoms with E-state index in [4.69, 9.17) is 0 Å². The Kier molecular flexibility index (Phi) is 3.71. The summed E-state index contributed by atoms with van der Waals surface area (Å²) in [6.07, 6.45) is 1.03. The molecule has 3 atom stereocenters. The van der Waals surface area contributed by atoms with Crippen molar-refractivity contribution in [3.05, 3.63) is 65.2 Å². The number of rotatable bonds is 2. The lowest BCUT2D eigenvalue weighted by molar-refractivity contribution is -0.126. The fourth-order valence-electron chi connectivity index (χ4n) is 5.06. The molecule has 3 fully saturated rings. The Hall–Kier alpha value is -2.50. The molecule has 5 rings (SSSR count). The maximum Gasteiger partial charge on any atom is 0.253 e. The molecule has 0 N–H and O–H groups in total. The number of hydrazine groups is 1. The highest BCUT2D eigenvalue weighted by Crippen LogP contribution is 2.49. The number of anilines is 1. The smallest absolute Gasteiger partial charge is 0.253 e. The molecule has 0 spiro atoms. The molecule has 2 aromatic rings. The van der Waals surface area contributed by atoms with Crippen LogP contribution in [0.3, 0.4) is 0 Å². The maximum atomic E-state index is 13.5. The quantitative estimate of drug-likeness (QED) is 0.772. The standard InChI is InChI=1S/C22H23N3O2/c1-14-9-10-17(15(2)13-14)25-21(26)18-19(16-7-4-3-5-8-16)23-11-6-12-24(23)20(18)22(25)27/h3-5,7-10,13,18-20H,6,11-12H2,1-2H3/t18-,19-,20-/m0/s1. The molecule has 27 heavy (non-hydrogen) atoms. The first kappa shape index (κ1) is 16.7. The second-order valence-electron chi connectivity index (χ2n) is 7.81. The molecule has 3 saturated heterocycles. The highest BCUT2D eigenvalue weighted by atomic mass is 16.2. The van der Waals surface area contributed by atoms with E-state index < -0.39 is 0 Å². The molecular weight excluding hydrogens is 338 g/mol. The van der Waals surface area contributed by atoms with E-state index in [-0.39, 0.29) is 29.8 Å². The molecule has 0 aliphatic carbocycles. The van der Waals surface area contributed by atoms with Crippen LogP contribution in [-0.4, -0.2) is 41.0 Å². The van der Waals surface area contributed by atoms with Gasteiger partial charge in [-0.25, -0.2) is 14.9 Å². The van der Waals surface area contributed by atoms with E-state index in [0.717, 1.165) is 41.9 Å². The molecule has 138 valence electrons. The summed E-state index contributed by atoms with van der Waals surface area (Å²) in [5, 5.41) is 4.39. The number of carbonyl (C=O) groups is 2. The van der Waals surface area contributed by atoms with Crippen LogP contribution in [0.5, 0.6) is 0 Å². The maximum absolute atomic E-state index is 13.5. The van der Waals surface area contributed by atoms with Crippen LogP contribution in [0.2, 0.25) is 0 Å². The summed E-state index contributed by atoms with van der Waals surface area (Å²) in [5.74, 6) is -0.497. The van der Waals surface area contributed by atoms with Gasteiger partial charge in [-0.15, -0.1) is 0 Å². The normalized spacial score (nSPS) is 28.1. The summed E-state index contributed by atoms with van der Waals surface area (Å²) in [6.45, 7) is 5.72. The van der Waals surface area contributed by atoms with E-state index in [1.54, 1.807) is 0 Å². The third kappa shape index (κ3) is 2.32. The molecule has 5 heteroatoms. The molecule has 0 aromatic heterocycles. The van der Waals surface area contributed by atoms with Crippen LogP contribution < -0.4 is 4.90 Å². The Labute approximate surface area is 159 Å². The van der Waals surface area contributed by atoms with E-state index in [1.807, 2.05) is 50.2 Å². The van der Waals surface area contributed by atoms with Gasteiger partial charge in [0.15, 0.2) is 0 Å². The van der Waals surface area contributed by atoms with E-state index in [1.165, 1.54) is 4.90 Å². The minimum atomic E-state index is -0.383. The monoisotopic (exact) mass is 361 g/mol. The number of hydrogen-bond donors (Lipinski definition) is 0. The minimum Gasteiger partial charge on any atom is -0.274 e. The number of benzene rings is 2. The van der Waals surface area contributed by atoms with Gasteiger partial charge < -0.3 is 0 Å². The number of aryl methyl sites for hydroxylation is 2. The Morgan fingerprint density at radius 3 is 2.26 bits per heavy atom. The van der Waals surface area contributed by atoms with Crippen molar-refractivity contribution in [2.24, 2.45) is 5.92 Å². The minimum absolute atomic E-state index is 0.0640. The Morgan fingerprint density at radius 1 is 0.852 bits per heavy atom. The first-order valence-electron chi connectivity index (χ1n) is 9.61. The van der Waals surface area contributed by atoms with E-state index in [9.17, 15) is 9.59 Å². The van der Waals surface area contributed by atoms with Crippen LogP contribution in [0.25, 0.3) is 0 Å². The Bertz CT molecular complexity index is 926. The van der Waals surface area contributed by atoms with Crippen LogP contribution >= 0.6 is 0 Å². The second-order valence-corrected chi connectivity index (χ2v) is 7.81. The molecule has 0 unspecified atom stereocenters. The molecule has 2 amide bonds. The van der Waals surface area contributed by atoms with E-state index >= 15 is 0 Å². The molecule has 0 bridgehead atoms. The zero-order valence-corrected chi connectivity index (χ0v) is 15.6. The SMILES string of the molecule is Cc1ccc(N2C(=O)[C@@H]3[C@@H](C2=O)N2CCCN2[C@H]3c2ccccc2)c(C)c1. The number of hydrogen-bond acceptors (Lipinski definition) is 4. The van der Waals surface area contributed by atoms with Crippen LogP contribution in [0.1, 0.15) is 29.2 Å². The first-order valence-corrected chi connectivity index (χ1v) is 9.61. The number of imide groups is 1. The number of amides is 2. The third-order valence-electron chi connectivity index (χ3n) is 6.14. The predicted octanol–water partition coefficient (Wildman–Crippen LogP) is 2.84. The topological polar surface area (TPSA) is 43.9 Å². The highest BCUT2D eigenvalue weighted by molar-refractivity contribution is 6.24. The van der Waals surface area contributed by atoms with Crippen LogP contribution in [0.15, 0.2) is 48.5 Å². The second kappa shape index (κ2) is 6.01. The molecule has 0 saturated carbocycles. The summed E-state index contributed by atoms with van der Waals surface area (Å²) in [5.41, 5.74) is 3.93. The number of fused-ring (bicyclic) bond motifs is 3. The Morgan fingerprint density at radius 2 is 1.56 bits per heavy atom.